The van der Waals surface area contributed by atoms with Gasteiger partial charge in [-0.15, -0.1) is 0 Å². The number of aliphatic hydroxyl groups excluding tert-OH is 1. The van der Waals surface area contributed by atoms with Crippen LogP contribution in [0.25, 0.3) is 0 Å². The van der Waals surface area contributed by atoms with Crippen molar-refractivity contribution in [3.05, 3.63) is 24.0 Å². The molecule has 1 fully saturated rings. The van der Waals surface area contributed by atoms with E-state index in [2.05, 4.69) is 10.3 Å². The van der Waals surface area contributed by atoms with Gasteiger partial charge in [0, 0.05) is 31.9 Å². The van der Waals surface area contributed by atoms with Gasteiger partial charge < -0.3 is 15.3 Å². The van der Waals surface area contributed by atoms with Gasteiger partial charge in [-0.25, -0.2) is 0 Å². The average Bonchev–Trinajstić information content (AvgIpc) is 2.48. The summed E-state index contributed by atoms with van der Waals surface area (Å²) in [5, 5.41) is 12.4. The van der Waals surface area contributed by atoms with E-state index in [1.165, 1.54) is 0 Å². The number of nitrogens with zero attached hydrogens (tertiary/aromatic N) is 2. The average molecular weight is 277 g/mol. The molecule has 1 amide bonds. The molecule has 0 radical (unpaired) electrons. The van der Waals surface area contributed by atoms with Gasteiger partial charge in [0.15, 0.2) is 0 Å². The summed E-state index contributed by atoms with van der Waals surface area (Å²) in [7, 11) is 0. The fourth-order valence-electron chi connectivity index (χ4n) is 2.78. The molecule has 1 saturated heterocycles. The second-order valence-electron chi connectivity index (χ2n) is 5.11. The standard InChI is InChI=1S/C15H23N3O2/c1-2-17-14-11-16-8-6-13(14)15(20)18-9-4-3-5-12(18)7-10-19/h6,8,11-12,17,19H,2-5,7,9-10H2,1H3. The molecule has 20 heavy (non-hydrogen) atoms. The number of rotatable bonds is 5. The van der Waals surface area contributed by atoms with Crippen molar-refractivity contribution in [1.29, 1.82) is 0 Å². The first-order valence-electron chi connectivity index (χ1n) is 7.37. The maximum absolute atomic E-state index is 12.8. The molecule has 0 aromatic carbocycles. The lowest BCUT2D eigenvalue weighted by molar-refractivity contribution is 0.0575. The van der Waals surface area contributed by atoms with Crippen LogP contribution >= 0.6 is 0 Å². The van der Waals surface area contributed by atoms with Crippen LogP contribution in [0.1, 0.15) is 43.0 Å². The molecule has 2 rings (SSSR count). The molecule has 5 nitrogen and oxygen atoms in total. The largest absolute Gasteiger partial charge is 0.396 e. The molecular formula is C15H23N3O2. The number of pyridine rings is 1. The van der Waals surface area contributed by atoms with Crippen LogP contribution in [0.15, 0.2) is 18.5 Å². The predicted molar refractivity (Wildman–Crippen MR) is 78.8 cm³/mol. The summed E-state index contributed by atoms with van der Waals surface area (Å²) in [6.45, 7) is 3.66. The van der Waals surface area contributed by atoms with Gasteiger partial charge in [-0.3, -0.25) is 9.78 Å². The van der Waals surface area contributed by atoms with Crippen molar-refractivity contribution in [2.24, 2.45) is 0 Å². The minimum atomic E-state index is 0.0431. The number of aromatic nitrogens is 1. The Balaban J connectivity index is 2.20. The molecule has 1 unspecified atom stereocenters. The number of carbonyl (C=O) groups is 1. The van der Waals surface area contributed by atoms with Crippen molar-refractivity contribution in [3.63, 3.8) is 0 Å². The lowest BCUT2D eigenvalue weighted by Gasteiger charge is -2.36. The molecule has 1 atom stereocenters. The van der Waals surface area contributed by atoms with E-state index in [-0.39, 0.29) is 18.6 Å². The lowest BCUT2D eigenvalue weighted by Crippen LogP contribution is -2.44. The molecule has 0 saturated carbocycles. The number of amides is 1. The number of likely N-dealkylation sites (tertiary alicyclic amines) is 1. The van der Waals surface area contributed by atoms with E-state index >= 15 is 0 Å². The molecule has 0 bridgehead atoms. The van der Waals surface area contributed by atoms with E-state index in [9.17, 15) is 4.79 Å². The number of anilines is 1. The van der Waals surface area contributed by atoms with Crippen LogP contribution in [0, 0.1) is 0 Å². The van der Waals surface area contributed by atoms with Gasteiger partial charge in [-0.2, -0.15) is 0 Å². The first-order chi connectivity index (χ1) is 9.77. The Bertz CT molecular complexity index is 448. The summed E-state index contributed by atoms with van der Waals surface area (Å²) in [4.78, 5) is 18.7. The molecule has 5 heteroatoms. The highest BCUT2D eigenvalue weighted by atomic mass is 16.3. The van der Waals surface area contributed by atoms with Gasteiger partial charge in [0.1, 0.15) is 0 Å². The molecule has 2 N–H and O–H groups in total. The van der Waals surface area contributed by atoms with E-state index in [4.69, 9.17) is 5.11 Å². The Morgan fingerprint density at radius 3 is 3.15 bits per heavy atom. The molecule has 1 aromatic heterocycles. The van der Waals surface area contributed by atoms with Gasteiger partial charge in [0.25, 0.3) is 5.91 Å². The van der Waals surface area contributed by atoms with Crippen LogP contribution in [0.2, 0.25) is 0 Å². The van der Waals surface area contributed by atoms with E-state index in [0.29, 0.717) is 12.0 Å². The van der Waals surface area contributed by atoms with Crippen molar-refractivity contribution in [1.82, 2.24) is 9.88 Å². The summed E-state index contributed by atoms with van der Waals surface area (Å²) < 4.78 is 0. The number of carbonyl (C=O) groups excluding carboxylic acids is 1. The van der Waals surface area contributed by atoms with E-state index in [0.717, 1.165) is 38.0 Å². The highest BCUT2D eigenvalue weighted by Crippen LogP contribution is 2.24. The second kappa shape index (κ2) is 7.24. The third-order valence-electron chi connectivity index (χ3n) is 3.77. The van der Waals surface area contributed by atoms with Crippen LogP contribution in [0.3, 0.4) is 0 Å². The van der Waals surface area contributed by atoms with Crippen LogP contribution in [0.4, 0.5) is 5.69 Å². The first-order valence-corrected chi connectivity index (χ1v) is 7.37. The Kier molecular flexibility index (Phi) is 5.35. The molecule has 1 aromatic rings. The van der Waals surface area contributed by atoms with Gasteiger partial charge in [-0.05, 0) is 38.7 Å². The first kappa shape index (κ1) is 14.8. The summed E-state index contributed by atoms with van der Waals surface area (Å²) in [6.07, 6.45) is 7.15. The summed E-state index contributed by atoms with van der Waals surface area (Å²) in [6, 6.07) is 1.93. The second-order valence-corrected chi connectivity index (χ2v) is 5.11. The topological polar surface area (TPSA) is 65.5 Å². The predicted octanol–water partition coefficient (Wildman–Crippen LogP) is 1.89. The molecule has 1 aliphatic heterocycles. The number of hydrogen-bond donors (Lipinski definition) is 2. The van der Waals surface area contributed by atoms with Crippen molar-refractivity contribution in [2.45, 2.75) is 38.6 Å². The molecule has 2 heterocycles. The fourth-order valence-corrected chi connectivity index (χ4v) is 2.78. The van der Waals surface area contributed by atoms with E-state index < -0.39 is 0 Å². The van der Waals surface area contributed by atoms with Crippen molar-refractivity contribution in [2.75, 3.05) is 25.0 Å². The van der Waals surface area contributed by atoms with Crippen molar-refractivity contribution in [3.8, 4) is 0 Å². The number of hydrogen-bond acceptors (Lipinski definition) is 4. The van der Waals surface area contributed by atoms with Crippen molar-refractivity contribution >= 4 is 11.6 Å². The molecule has 110 valence electrons. The number of aliphatic hydroxyl groups is 1. The SMILES string of the molecule is CCNc1cnccc1C(=O)N1CCCCC1CCO. The van der Waals surface area contributed by atoms with Gasteiger partial charge in [0.2, 0.25) is 0 Å². The number of piperidine rings is 1. The third-order valence-corrected chi connectivity index (χ3v) is 3.77. The van der Waals surface area contributed by atoms with E-state index in [1.54, 1.807) is 18.5 Å². The summed E-state index contributed by atoms with van der Waals surface area (Å²) >= 11 is 0. The minimum absolute atomic E-state index is 0.0431. The Labute approximate surface area is 120 Å². The third kappa shape index (κ3) is 3.28. The van der Waals surface area contributed by atoms with Crippen LogP contribution in [-0.2, 0) is 0 Å². The minimum Gasteiger partial charge on any atom is -0.396 e. The smallest absolute Gasteiger partial charge is 0.256 e. The molecule has 1 aliphatic rings. The van der Waals surface area contributed by atoms with Gasteiger partial charge in [0.05, 0.1) is 17.4 Å². The maximum atomic E-state index is 12.8. The van der Waals surface area contributed by atoms with E-state index in [1.807, 2.05) is 11.8 Å². The monoisotopic (exact) mass is 277 g/mol. The Morgan fingerprint density at radius 2 is 2.40 bits per heavy atom. The Hall–Kier alpha value is -1.62. The quantitative estimate of drug-likeness (QED) is 0.862. The summed E-state index contributed by atoms with van der Waals surface area (Å²) in [5.74, 6) is 0.0431. The number of nitrogens with one attached hydrogen (secondary N) is 1. The maximum Gasteiger partial charge on any atom is 0.256 e. The zero-order valence-electron chi connectivity index (χ0n) is 12.0. The highest BCUT2D eigenvalue weighted by molar-refractivity contribution is 5.99. The Morgan fingerprint density at radius 1 is 1.55 bits per heavy atom. The van der Waals surface area contributed by atoms with Crippen LogP contribution in [-0.4, -0.2) is 46.6 Å². The lowest BCUT2D eigenvalue weighted by atomic mass is 9.98. The summed E-state index contributed by atoms with van der Waals surface area (Å²) in [5.41, 5.74) is 1.46. The normalized spacial score (nSPS) is 18.9. The van der Waals surface area contributed by atoms with Crippen molar-refractivity contribution < 1.29 is 9.90 Å². The molecule has 0 spiro atoms. The van der Waals surface area contributed by atoms with Crippen LogP contribution in [0.5, 0.6) is 0 Å². The highest BCUT2D eigenvalue weighted by Gasteiger charge is 2.28. The molecule has 0 aliphatic carbocycles. The van der Waals surface area contributed by atoms with Crippen LogP contribution < -0.4 is 5.32 Å². The zero-order valence-corrected chi connectivity index (χ0v) is 12.0. The molecular weight excluding hydrogens is 254 g/mol. The zero-order chi connectivity index (χ0) is 14.4. The fraction of sp³-hybridized carbons (Fsp3) is 0.600. The van der Waals surface area contributed by atoms with Gasteiger partial charge in [-0.1, -0.05) is 0 Å². The van der Waals surface area contributed by atoms with Gasteiger partial charge >= 0.3 is 0 Å².